The first-order valence-electron chi connectivity index (χ1n) is 6.04. The third kappa shape index (κ3) is 2.64. The number of hydrogen-bond donors (Lipinski definition) is 3. The minimum absolute atomic E-state index is 0.0444. The molecule has 0 spiro atoms. The fourth-order valence-corrected chi connectivity index (χ4v) is 3.04. The molecule has 2 aliphatic rings. The van der Waals surface area contributed by atoms with Gasteiger partial charge in [0.2, 0.25) is 5.91 Å². The van der Waals surface area contributed by atoms with Gasteiger partial charge in [-0.1, -0.05) is 13.3 Å². The molecule has 5 heteroatoms. The Balaban J connectivity index is 1.69. The summed E-state index contributed by atoms with van der Waals surface area (Å²) in [5, 5.41) is 3.84. The molecule has 0 aromatic heterocycles. The zero-order valence-electron chi connectivity index (χ0n) is 9.58. The number of carbonyl (C=O) groups is 1. The molecule has 3 N–H and O–H groups in total. The zero-order chi connectivity index (χ0) is 11.5. The molecule has 0 aromatic carbocycles. The van der Waals surface area contributed by atoms with Crippen LogP contribution < -0.4 is 16.2 Å². The summed E-state index contributed by atoms with van der Waals surface area (Å²) in [7, 11) is 0. The lowest BCUT2D eigenvalue weighted by Crippen LogP contribution is -2.50. The van der Waals surface area contributed by atoms with Crippen LogP contribution in [0.4, 0.5) is 0 Å². The average molecular weight is 241 g/mol. The number of thiocarbonyl (C=S) groups is 1. The van der Waals surface area contributed by atoms with E-state index in [4.69, 9.17) is 12.2 Å². The van der Waals surface area contributed by atoms with Crippen molar-refractivity contribution in [3.63, 3.8) is 0 Å². The van der Waals surface area contributed by atoms with Crippen molar-refractivity contribution < 1.29 is 4.79 Å². The van der Waals surface area contributed by atoms with Gasteiger partial charge in [0.15, 0.2) is 5.11 Å². The van der Waals surface area contributed by atoms with Crippen molar-refractivity contribution in [1.29, 1.82) is 0 Å². The predicted molar refractivity (Wildman–Crippen MR) is 66.5 cm³/mol. The van der Waals surface area contributed by atoms with Gasteiger partial charge in [0, 0.05) is 12.5 Å². The molecule has 0 saturated heterocycles. The quantitative estimate of drug-likeness (QED) is 0.500. The molecule has 2 rings (SSSR count). The molecule has 2 bridgehead atoms. The number of carbonyl (C=O) groups excluding carboxylic acids is 1. The Hall–Kier alpha value is -0.840. The smallest absolute Gasteiger partial charge is 0.238 e. The van der Waals surface area contributed by atoms with Gasteiger partial charge in [-0.15, -0.1) is 0 Å². The largest absolute Gasteiger partial charge is 0.358 e. The van der Waals surface area contributed by atoms with Gasteiger partial charge in [-0.2, -0.15) is 0 Å². The van der Waals surface area contributed by atoms with E-state index in [1.165, 1.54) is 25.7 Å². The summed E-state index contributed by atoms with van der Waals surface area (Å²) in [6.45, 7) is 1.81. The van der Waals surface area contributed by atoms with Gasteiger partial charge in [0.05, 0.1) is 0 Å². The molecule has 4 nitrogen and oxygen atoms in total. The second kappa shape index (κ2) is 4.99. The molecular weight excluding hydrogens is 222 g/mol. The Morgan fingerprint density at radius 3 is 2.69 bits per heavy atom. The van der Waals surface area contributed by atoms with Crippen molar-refractivity contribution in [2.24, 2.45) is 11.8 Å². The van der Waals surface area contributed by atoms with Gasteiger partial charge in [-0.25, -0.2) is 0 Å². The Morgan fingerprint density at radius 2 is 2.12 bits per heavy atom. The van der Waals surface area contributed by atoms with Crippen molar-refractivity contribution in [3.8, 4) is 0 Å². The van der Waals surface area contributed by atoms with E-state index >= 15 is 0 Å². The molecule has 2 saturated carbocycles. The minimum Gasteiger partial charge on any atom is -0.358 e. The molecule has 1 amide bonds. The van der Waals surface area contributed by atoms with Crippen LogP contribution >= 0.6 is 12.2 Å². The second-order valence-corrected chi connectivity index (χ2v) is 5.19. The Kier molecular flexibility index (Phi) is 3.63. The fourth-order valence-electron chi connectivity index (χ4n) is 2.84. The summed E-state index contributed by atoms with van der Waals surface area (Å²) in [4.78, 5) is 11.0. The van der Waals surface area contributed by atoms with Crippen LogP contribution in [0.2, 0.25) is 0 Å². The van der Waals surface area contributed by atoms with Crippen LogP contribution in [0, 0.1) is 11.8 Å². The summed E-state index contributed by atoms with van der Waals surface area (Å²) in [6.07, 6.45) is 5.75. The molecule has 0 radical (unpaired) electrons. The van der Waals surface area contributed by atoms with Crippen LogP contribution in [0.15, 0.2) is 0 Å². The van der Waals surface area contributed by atoms with E-state index in [2.05, 4.69) is 16.2 Å². The first kappa shape index (κ1) is 11.6. The average Bonchev–Trinajstić information content (AvgIpc) is 2.87. The van der Waals surface area contributed by atoms with Crippen LogP contribution in [0.1, 0.15) is 39.0 Å². The number of rotatable bonds is 2. The number of nitrogens with one attached hydrogen (secondary N) is 3. The molecule has 0 heterocycles. The highest BCUT2D eigenvalue weighted by atomic mass is 32.1. The summed E-state index contributed by atoms with van der Waals surface area (Å²) >= 11 is 5.14. The van der Waals surface area contributed by atoms with E-state index in [1.807, 2.05) is 6.92 Å². The summed E-state index contributed by atoms with van der Waals surface area (Å²) in [5.74, 6) is 1.64. The lowest BCUT2D eigenvalue weighted by molar-refractivity contribution is -0.121. The van der Waals surface area contributed by atoms with E-state index in [0.717, 1.165) is 11.8 Å². The maximum atomic E-state index is 11.0. The molecule has 0 aliphatic heterocycles. The summed E-state index contributed by atoms with van der Waals surface area (Å²) in [5.41, 5.74) is 5.30. The third-order valence-electron chi connectivity index (χ3n) is 3.69. The normalized spacial score (nSPS) is 31.2. The standard InChI is InChI=1S/C11H19N3OS/c1-2-10(15)13-14-11(16)12-9-6-7-3-4-8(9)5-7/h7-9H,2-6H2,1H3,(H,13,15)(H2,12,14,16)/t7-,8-,9-/m1/s1. The zero-order valence-corrected chi connectivity index (χ0v) is 10.4. The first-order chi connectivity index (χ1) is 7.69. The van der Waals surface area contributed by atoms with Gasteiger partial charge in [0.25, 0.3) is 0 Å². The van der Waals surface area contributed by atoms with Crippen molar-refractivity contribution in [2.75, 3.05) is 0 Å². The number of amides is 1. The van der Waals surface area contributed by atoms with Crippen LogP contribution in [-0.4, -0.2) is 17.1 Å². The van der Waals surface area contributed by atoms with Gasteiger partial charge in [-0.3, -0.25) is 15.6 Å². The highest BCUT2D eigenvalue weighted by Crippen LogP contribution is 2.44. The van der Waals surface area contributed by atoms with Crippen molar-refractivity contribution in [2.45, 2.75) is 45.1 Å². The second-order valence-electron chi connectivity index (χ2n) is 4.78. The van der Waals surface area contributed by atoms with Crippen molar-refractivity contribution in [3.05, 3.63) is 0 Å². The highest BCUT2D eigenvalue weighted by molar-refractivity contribution is 7.80. The van der Waals surface area contributed by atoms with E-state index in [-0.39, 0.29) is 5.91 Å². The summed E-state index contributed by atoms with van der Waals surface area (Å²) < 4.78 is 0. The van der Waals surface area contributed by atoms with Crippen LogP contribution in [-0.2, 0) is 4.79 Å². The lowest BCUT2D eigenvalue weighted by Gasteiger charge is -2.24. The molecule has 3 atom stereocenters. The van der Waals surface area contributed by atoms with Crippen molar-refractivity contribution in [1.82, 2.24) is 16.2 Å². The number of fused-ring (bicyclic) bond motifs is 2. The van der Waals surface area contributed by atoms with Gasteiger partial charge in [0.1, 0.15) is 0 Å². The van der Waals surface area contributed by atoms with E-state index in [9.17, 15) is 4.79 Å². The predicted octanol–water partition coefficient (Wildman–Crippen LogP) is 1.08. The number of hydrogen-bond acceptors (Lipinski definition) is 2. The minimum atomic E-state index is -0.0444. The Labute approximate surface area is 102 Å². The van der Waals surface area contributed by atoms with E-state index < -0.39 is 0 Å². The molecule has 2 aliphatic carbocycles. The van der Waals surface area contributed by atoms with Crippen molar-refractivity contribution >= 4 is 23.2 Å². The SMILES string of the molecule is CCC(=O)NNC(=S)N[C@@H]1C[C@@H]2CC[C@@H]1C2. The Morgan fingerprint density at radius 1 is 1.31 bits per heavy atom. The fraction of sp³-hybridized carbons (Fsp3) is 0.818. The first-order valence-corrected chi connectivity index (χ1v) is 6.45. The van der Waals surface area contributed by atoms with Gasteiger partial charge >= 0.3 is 0 Å². The molecule has 16 heavy (non-hydrogen) atoms. The van der Waals surface area contributed by atoms with E-state index in [0.29, 0.717) is 17.6 Å². The van der Waals surface area contributed by atoms with Gasteiger partial charge < -0.3 is 5.32 Å². The molecular formula is C11H19N3OS. The molecule has 90 valence electrons. The maximum absolute atomic E-state index is 11.0. The maximum Gasteiger partial charge on any atom is 0.238 e. The van der Waals surface area contributed by atoms with Gasteiger partial charge in [-0.05, 0) is 43.3 Å². The summed E-state index contributed by atoms with van der Waals surface area (Å²) in [6, 6.07) is 0.511. The highest BCUT2D eigenvalue weighted by Gasteiger charge is 2.39. The molecule has 0 unspecified atom stereocenters. The molecule has 0 aromatic rings. The topological polar surface area (TPSA) is 53.2 Å². The Bertz CT molecular complexity index is 295. The molecule has 2 fully saturated rings. The lowest BCUT2D eigenvalue weighted by atomic mass is 9.96. The van der Waals surface area contributed by atoms with Crippen LogP contribution in [0.5, 0.6) is 0 Å². The van der Waals surface area contributed by atoms with Crippen LogP contribution in [0.25, 0.3) is 0 Å². The van der Waals surface area contributed by atoms with Crippen LogP contribution in [0.3, 0.4) is 0 Å². The monoisotopic (exact) mass is 241 g/mol. The van der Waals surface area contributed by atoms with E-state index in [1.54, 1.807) is 0 Å². The number of hydrazine groups is 1. The third-order valence-corrected chi connectivity index (χ3v) is 3.91.